The van der Waals surface area contributed by atoms with Gasteiger partial charge in [0.15, 0.2) is 0 Å². The lowest BCUT2D eigenvalue weighted by Crippen LogP contribution is -2.45. The van der Waals surface area contributed by atoms with E-state index in [1.165, 1.54) is 6.07 Å². The fourth-order valence-corrected chi connectivity index (χ4v) is 3.69. The van der Waals surface area contributed by atoms with Crippen LogP contribution in [0.3, 0.4) is 0 Å². The lowest BCUT2D eigenvalue weighted by molar-refractivity contribution is -0.126. The largest absolute Gasteiger partial charge is 0.352 e. The lowest BCUT2D eigenvalue weighted by atomic mass is 9.96. The Hall–Kier alpha value is -1.92. The molecular weight excluding hydrogens is 435 g/mol. The van der Waals surface area contributed by atoms with Crippen LogP contribution in [0.4, 0.5) is 4.39 Å². The number of nitrogens with zero attached hydrogens (tertiary/aromatic N) is 1. The molecule has 1 atom stereocenters. The molecule has 1 unspecified atom stereocenters. The zero-order valence-electron chi connectivity index (χ0n) is 14.6. The van der Waals surface area contributed by atoms with E-state index in [2.05, 4.69) is 21.2 Å². The van der Waals surface area contributed by atoms with E-state index < -0.39 is 0 Å². The van der Waals surface area contributed by atoms with Gasteiger partial charge in [-0.2, -0.15) is 0 Å². The van der Waals surface area contributed by atoms with Crippen LogP contribution < -0.4 is 5.32 Å². The van der Waals surface area contributed by atoms with Crippen LogP contribution in [0.15, 0.2) is 46.9 Å². The molecule has 1 aliphatic heterocycles. The number of likely N-dealkylation sites (tertiary alicyclic amines) is 1. The highest BCUT2D eigenvalue weighted by Crippen LogP contribution is 2.21. The van der Waals surface area contributed by atoms with Crippen LogP contribution in [0.25, 0.3) is 0 Å². The Morgan fingerprint density at radius 3 is 2.70 bits per heavy atom. The van der Waals surface area contributed by atoms with E-state index in [-0.39, 0.29) is 30.1 Å². The predicted molar refractivity (Wildman–Crippen MR) is 106 cm³/mol. The van der Waals surface area contributed by atoms with Crippen LogP contribution in [-0.2, 0) is 11.3 Å². The molecule has 2 amide bonds. The maximum Gasteiger partial charge on any atom is 0.253 e. The number of piperidine rings is 1. The number of carbonyl (C=O) groups is 2. The minimum absolute atomic E-state index is 0.109. The Kier molecular flexibility index (Phi) is 6.50. The Bertz CT molecular complexity index is 844. The van der Waals surface area contributed by atoms with Gasteiger partial charge in [-0.25, -0.2) is 4.39 Å². The summed E-state index contributed by atoms with van der Waals surface area (Å²) in [4.78, 5) is 26.8. The van der Waals surface area contributed by atoms with Gasteiger partial charge in [-0.15, -0.1) is 0 Å². The van der Waals surface area contributed by atoms with Crippen LogP contribution in [0.2, 0.25) is 5.02 Å². The van der Waals surface area contributed by atoms with Crippen molar-refractivity contribution in [3.05, 3.63) is 68.9 Å². The maximum atomic E-state index is 13.8. The molecule has 1 heterocycles. The van der Waals surface area contributed by atoms with Gasteiger partial charge in [0.1, 0.15) is 5.82 Å². The molecule has 0 bridgehead atoms. The molecule has 0 radical (unpaired) electrons. The normalized spacial score (nSPS) is 16.9. The lowest BCUT2D eigenvalue weighted by Gasteiger charge is -2.32. The Morgan fingerprint density at radius 2 is 1.96 bits per heavy atom. The molecule has 142 valence electrons. The van der Waals surface area contributed by atoms with Crippen molar-refractivity contribution in [3.63, 3.8) is 0 Å². The molecule has 7 heteroatoms. The number of hydrogen-bond acceptors (Lipinski definition) is 2. The molecule has 0 aromatic heterocycles. The van der Waals surface area contributed by atoms with Crippen molar-refractivity contribution in [3.8, 4) is 0 Å². The zero-order chi connectivity index (χ0) is 19.4. The van der Waals surface area contributed by atoms with Crippen LogP contribution in [0, 0.1) is 11.7 Å². The summed E-state index contributed by atoms with van der Waals surface area (Å²) >= 11 is 9.16. The van der Waals surface area contributed by atoms with Gasteiger partial charge < -0.3 is 10.2 Å². The highest BCUT2D eigenvalue weighted by atomic mass is 79.9. The fraction of sp³-hybridized carbons (Fsp3) is 0.300. The molecule has 3 rings (SSSR count). The summed E-state index contributed by atoms with van der Waals surface area (Å²) in [5.41, 5.74) is 0.972. The summed E-state index contributed by atoms with van der Waals surface area (Å²) in [5, 5.41) is 3.36. The third-order valence-corrected chi connectivity index (χ3v) is 5.38. The first-order chi connectivity index (χ1) is 12.9. The second-order valence-electron chi connectivity index (χ2n) is 6.55. The van der Waals surface area contributed by atoms with Crippen molar-refractivity contribution in [2.45, 2.75) is 19.4 Å². The SMILES string of the molecule is O=C(NCc1cc(Br)ccc1F)C1CCCN(C(=O)c2ccc(Cl)cc2)C1. The smallest absolute Gasteiger partial charge is 0.253 e. The van der Waals surface area contributed by atoms with Gasteiger partial charge in [0.25, 0.3) is 5.91 Å². The molecule has 0 spiro atoms. The van der Waals surface area contributed by atoms with E-state index in [1.807, 2.05) is 0 Å². The monoisotopic (exact) mass is 452 g/mol. The van der Waals surface area contributed by atoms with E-state index in [0.29, 0.717) is 35.7 Å². The van der Waals surface area contributed by atoms with Crippen LogP contribution in [0.5, 0.6) is 0 Å². The zero-order valence-corrected chi connectivity index (χ0v) is 16.9. The minimum atomic E-state index is -0.360. The van der Waals surface area contributed by atoms with E-state index in [9.17, 15) is 14.0 Å². The number of carbonyl (C=O) groups excluding carboxylic acids is 2. The third kappa shape index (κ3) is 5.08. The molecule has 2 aromatic carbocycles. The average Bonchev–Trinajstić information content (AvgIpc) is 2.68. The molecule has 1 saturated heterocycles. The summed E-state index contributed by atoms with van der Waals surface area (Å²) in [6, 6.07) is 11.3. The van der Waals surface area contributed by atoms with E-state index >= 15 is 0 Å². The second kappa shape index (κ2) is 8.85. The van der Waals surface area contributed by atoms with Crippen molar-refractivity contribution in [1.29, 1.82) is 0 Å². The van der Waals surface area contributed by atoms with Crippen molar-refractivity contribution >= 4 is 39.3 Å². The number of halogens is 3. The summed E-state index contributed by atoms with van der Waals surface area (Å²) < 4.78 is 14.6. The molecule has 27 heavy (non-hydrogen) atoms. The quantitative estimate of drug-likeness (QED) is 0.745. The van der Waals surface area contributed by atoms with Crippen molar-refractivity contribution in [2.24, 2.45) is 5.92 Å². The van der Waals surface area contributed by atoms with Gasteiger partial charge in [0, 0.05) is 40.3 Å². The predicted octanol–water partition coefficient (Wildman–Crippen LogP) is 4.41. The van der Waals surface area contributed by atoms with Gasteiger partial charge >= 0.3 is 0 Å². The van der Waals surface area contributed by atoms with Gasteiger partial charge in [-0.3, -0.25) is 9.59 Å². The van der Waals surface area contributed by atoms with Crippen LogP contribution in [-0.4, -0.2) is 29.8 Å². The molecule has 1 fully saturated rings. The number of hydrogen-bond donors (Lipinski definition) is 1. The van der Waals surface area contributed by atoms with E-state index in [1.54, 1.807) is 41.3 Å². The topological polar surface area (TPSA) is 49.4 Å². The Balaban J connectivity index is 1.60. The standard InChI is InChI=1S/C20H19BrClFN2O2/c21-16-5-8-18(23)15(10-16)11-24-19(26)14-2-1-9-25(12-14)20(27)13-3-6-17(22)7-4-13/h3-8,10,14H,1-2,9,11-12H2,(H,24,26). The minimum Gasteiger partial charge on any atom is -0.352 e. The van der Waals surface area contributed by atoms with Gasteiger partial charge in [0.2, 0.25) is 5.91 Å². The summed E-state index contributed by atoms with van der Waals surface area (Å²) in [7, 11) is 0. The van der Waals surface area contributed by atoms with Crippen molar-refractivity contribution in [1.82, 2.24) is 10.2 Å². The number of nitrogens with one attached hydrogen (secondary N) is 1. The van der Waals surface area contributed by atoms with Crippen LogP contribution >= 0.6 is 27.5 Å². The van der Waals surface area contributed by atoms with Crippen molar-refractivity contribution < 1.29 is 14.0 Å². The number of benzene rings is 2. The third-order valence-electron chi connectivity index (χ3n) is 4.63. The molecule has 2 aromatic rings. The Labute approximate surface area is 170 Å². The first-order valence-electron chi connectivity index (χ1n) is 8.70. The summed E-state index contributed by atoms with van der Waals surface area (Å²) in [6.45, 7) is 1.09. The van der Waals surface area contributed by atoms with Crippen molar-refractivity contribution in [2.75, 3.05) is 13.1 Å². The highest BCUT2D eigenvalue weighted by molar-refractivity contribution is 9.10. The molecule has 1 N–H and O–H groups in total. The first kappa shape index (κ1) is 19.8. The number of amides is 2. The summed E-state index contributed by atoms with van der Waals surface area (Å²) in [6.07, 6.45) is 1.46. The Morgan fingerprint density at radius 1 is 1.22 bits per heavy atom. The van der Waals surface area contributed by atoms with Gasteiger partial charge in [-0.05, 0) is 55.3 Å². The molecule has 0 aliphatic carbocycles. The van der Waals surface area contributed by atoms with Gasteiger partial charge in [0.05, 0.1) is 5.92 Å². The molecule has 1 aliphatic rings. The maximum absolute atomic E-state index is 13.8. The average molecular weight is 454 g/mol. The fourth-order valence-electron chi connectivity index (χ4n) is 3.16. The molecule has 0 saturated carbocycles. The second-order valence-corrected chi connectivity index (χ2v) is 7.90. The van der Waals surface area contributed by atoms with Gasteiger partial charge in [-0.1, -0.05) is 27.5 Å². The highest BCUT2D eigenvalue weighted by Gasteiger charge is 2.28. The number of rotatable bonds is 4. The van der Waals surface area contributed by atoms with E-state index in [0.717, 1.165) is 10.9 Å². The summed E-state index contributed by atoms with van der Waals surface area (Å²) in [5.74, 6) is -0.933. The molecular formula is C20H19BrClFN2O2. The van der Waals surface area contributed by atoms with Crippen LogP contribution in [0.1, 0.15) is 28.8 Å². The van der Waals surface area contributed by atoms with E-state index in [4.69, 9.17) is 11.6 Å². The first-order valence-corrected chi connectivity index (χ1v) is 9.87. The molecule has 4 nitrogen and oxygen atoms in total.